The second kappa shape index (κ2) is 8.89. The van der Waals surface area contributed by atoms with Gasteiger partial charge in [-0.05, 0) is 25.1 Å². The van der Waals surface area contributed by atoms with Crippen LogP contribution in [0.4, 0.5) is 14.5 Å². The van der Waals surface area contributed by atoms with Gasteiger partial charge in [-0.2, -0.15) is 0 Å². The van der Waals surface area contributed by atoms with Gasteiger partial charge in [0.2, 0.25) is 5.78 Å². The number of nitro groups is 1. The molecule has 0 amide bonds. The van der Waals surface area contributed by atoms with Gasteiger partial charge in [-0.25, -0.2) is 13.6 Å². The predicted octanol–water partition coefficient (Wildman–Crippen LogP) is 3.32. The number of nitro benzene ring substituents is 1. The van der Waals surface area contributed by atoms with Crippen LogP contribution in [0.2, 0.25) is 0 Å². The fraction of sp³-hybridized carbons (Fsp3) is 0.222. The van der Waals surface area contributed by atoms with Crippen molar-refractivity contribution in [3.63, 3.8) is 0 Å². The summed E-state index contributed by atoms with van der Waals surface area (Å²) in [4.78, 5) is 34.7. The molecule has 0 bridgehead atoms. The smallest absolute Gasteiger partial charge is 0.345 e. The van der Waals surface area contributed by atoms with E-state index in [2.05, 4.69) is 0 Å². The highest BCUT2D eigenvalue weighted by Crippen LogP contribution is 2.35. The van der Waals surface area contributed by atoms with E-state index in [1.54, 1.807) is 6.92 Å². The van der Waals surface area contributed by atoms with Crippen LogP contribution in [0.5, 0.6) is 11.5 Å². The summed E-state index contributed by atoms with van der Waals surface area (Å²) in [6.07, 6.45) is 0. The first-order valence-electron chi connectivity index (χ1n) is 7.93. The van der Waals surface area contributed by atoms with E-state index in [0.29, 0.717) is 6.07 Å². The molecule has 2 aromatic rings. The third-order valence-electron chi connectivity index (χ3n) is 3.56. The van der Waals surface area contributed by atoms with Crippen molar-refractivity contribution in [3.05, 3.63) is 63.2 Å². The Kier molecular flexibility index (Phi) is 6.59. The zero-order valence-electron chi connectivity index (χ0n) is 14.9. The van der Waals surface area contributed by atoms with Crippen LogP contribution in [0.3, 0.4) is 0 Å². The van der Waals surface area contributed by atoms with Crippen LogP contribution in [0, 0.1) is 21.7 Å². The van der Waals surface area contributed by atoms with Gasteiger partial charge < -0.3 is 14.2 Å². The Morgan fingerprint density at radius 3 is 2.43 bits per heavy atom. The average molecular weight is 395 g/mol. The summed E-state index contributed by atoms with van der Waals surface area (Å²) in [5.74, 6) is -3.96. The van der Waals surface area contributed by atoms with E-state index < -0.39 is 51.7 Å². The summed E-state index contributed by atoms with van der Waals surface area (Å²) >= 11 is 0. The Hall–Kier alpha value is -3.56. The van der Waals surface area contributed by atoms with Gasteiger partial charge in [-0.3, -0.25) is 14.9 Å². The molecule has 2 aromatic carbocycles. The minimum Gasteiger partial charge on any atom is -0.493 e. The maximum atomic E-state index is 13.6. The Labute approximate surface area is 157 Å². The van der Waals surface area contributed by atoms with E-state index in [-0.39, 0.29) is 18.1 Å². The Balaban J connectivity index is 2.27. The fourth-order valence-corrected chi connectivity index (χ4v) is 2.29. The van der Waals surface area contributed by atoms with Crippen molar-refractivity contribution in [2.24, 2.45) is 0 Å². The highest BCUT2D eigenvalue weighted by Gasteiger charge is 2.26. The van der Waals surface area contributed by atoms with Gasteiger partial charge >= 0.3 is 5.97 Å². The molecule has 0 aromatic heterocycles. The third kappa shape index (κ3) is 4.58. The second-order valence-electron chi connectivity index (χ2n) is 5.33. The Morgan fingerprint density at radius 2 is 1.82 bits per heavy atom. The quantitative estimate of drug-likeness (QED) is 0.292. The molecule has 148 valence electrons. The van der Waals surface area contributed by atoms with E-state index in [4.69, 9.17) is 14.2 Å². The lowest BCUT2D eigenvalue weighted by atomic mass is 10.1. The lowest BCUT2D eigenvalue weighted by Crippen LogP contribution is -2.17. The Bertz CT molecular complexity index is 930. The van der Waals surface area contributed by atoms with E-state index in [1.165, 1.54) is 7.11 Å². The van der Waals surface area contributed by atoms with Crippen molar-refractivity contribution in [1.82, 2.24) is 0 Å². The highest BCUT2D eigenvalue weighted by molar-refractivity contribution is 6.00. The number of hydrogen-bond acceptors (Lipinski definition) is 7. The molecule has 0 fully saturated rings. The summed E-state index contributed by atoms with van der Waals surface area (Å²) < 4.78 is 41.8. The lowest BCUT2D eigenvalue weighted by molar-refractivity contribution is -0.385. The largest absolute Gasteiger partial charge is 0.493 e. The van der Waals surface area contributed by atoms with Gasteiger partial charge in [0.25, 0.3) is 5.69 Å². The first kappa shape index (κ1) is 20.7. The fourth-order valence-electron chi connectivity index (χ4n) is 2.29. The number of ketones is 1. The molecule has 0 radical (unpaired) electrons. The molecule has 10 heteroatoms. The van der Waals surface area contributed by atoms with Crippen LogP contribution in [0.1, 0.15) is 27.6 Å². The molecule has 0 saturated heterocycles. The zero-order chi connectivity index (χ0) is 20.8. The van der Waals surface area contributed by atoms with Crippen molar-refractivity contribution in [1.29, 1.82) is 0 Å². The molecule has 0 aliphatic carbocycles. The van der Waals surface area contributed by atoms with Crippen molar-refractivity contribution in [3.8, 4) is 11.5 Å². The molecular formula is C18H15F2NO7. The molecule has 0 atom stereocenters. The maximum absolute atomic E-state index is 13.6. The number of halogens is 2. The normalized spacial score (nSPS) is 10.3. The summed E-state index contributed by atoms with van der Waals surface area (Å²) in [6.45, 7) is 0.914. The molecule has 0 spiro atoms. The number of methoxy groups -OCH3 is 1. The topological polar surface area (TPSA) is 105 Å². The molecule has 0 unspecified atom stereocenters. The number of carbonyl (C=O) groups excluding carboxylic acids is 2. The molecule has 28 heavy (non-hydrogen) atoms. The molecule has 0 N–H and O–H groups in total. The first-order chi connectivity index (χ1) is 13.3. The molecule has 0 aliphatic rings. The number of nitrogens with zero attached hydrogens (tertiary/aromatic N) is 1. The van der Waals surface area contributed by atoms with Crippen LogP contribution in [0.25, 0.3) is 0 Å². The van der Waals surface area contributed by atoms with E-state index in [1.807, 2.05) is 0 Å². The summed E-state index contributed by atoms with van der Waals surface area (Å²) in [6, 6.07) is 4.28. The van der Waals surface area contributed by atoms with Gasteiger partial charge in [-0.1, -0.05) is 0 Å². The minimum absolute atomic E-state index is 0.0306. The Morgan fingerprint density at radius 1 is 1.11 bits per heavy atom. The number of benzene rings is 2. The van der Waals surface area contributed by atoms with Crippen molar-refractivity contribution < 1.29 is 37.5 Å². The summed E-state index contributed by atoms with van der Waals surface area (Å²) in [5, 5.41) is 11.2. The first-order valence-corrected chi connectivity index (χ1v) is 7.93. The summed E-state index contributed by atoms with van der Waals surface area (Å²) in [7, 11) is 1.27. The van der Waals surface area contributed by atoms with Crippen LogP contribution in [0.15, 0.2) is 30.3 Å². The second-order valence-corrected chi connectivity index (χ2v) is 5.33. The van der Waals surface area contributed by atoms with Gasteiger partial charge in [0, 0.05) is 6.07 Å². The van der Waals surface area contributed by atoms with Gasteiger partial charge in [0.05, 0.1) is 30.3 Å². The van der Waals surface area contributed by atoms with Crippen molar-refractivity contribution in [2.45, 2.75) is 6.92 Å². The monoisotopic (exact) mass is 395 g/mol. The number of Topliss-reactive ketones (excluding diaryl/α,β-unsaturated/α-hetero) is 1. The standard InChI is InChI=1S/C18H15F2NO7/c1-3-27-17-7-12(14(21(24)25)8-16(17)26-2)18(23)28-9-15(22)11-6-10(19)4-5-13(11)20/h4-8H,3,9H2,1-2H3. The number of rotatable bonds is 8. The van der Waals surface area contributed by atoms with Crippen LogP contribution in [-0.4, -0.2) is 37.0 Å². The molecule has 0 aliphatic heterocycles. The molecular weight excluding hydrogens is 380 g/mol. The minimum atomic E-state index is -1.21. The van der Waals surface area contributed by atoms with E-state index >= 15 is 0 Å². The SMILES string of the molecule is CCOc1cc(C(=O)OCC(=O)c2cc(F)ccc2F)c([N+](=O)[O-])cc1OC. The van der Waals surface area contributed by atoms with Crippen molar-refractivity contribution in [2.75, 3.05) is 20.3 Å². The zero-order valence-corrected chi connectivity index (χ0v) is 14.9. The highest BCUT2D eigenvalue weighted by atomic mass is 19.1. The van der Waals surface area contributed by atoms with Gasteiger partial charge in [0.15, 0.2) is 18.1 Å². The van der Waals surface area contributed by atoms with Crippen LogP contribution in [-0.2, 0) is 4.74 Å². The number of esters is 1. The van der Waals surface area contributed by atoms with Gasteiger partial charge in [0.1, 0.15) is 17.2 Å². The third-order valence-corrected chi connectivity index (χ3v) is 3.56. The van der Waals surface area contributed by atoms with Crippen LogP contribution >= 0.6 is 0 Å². The number of hydrogen-bond donors (Lipinski definition) is 0. The maximum Gasteiger partial charge on any atom is 0.345 e. The van der Waals surface area contributed by atoms with E-state index in [9.17, 15) is 28.5 Å². The summed E-state index contributed by atoms with van der Waals surface area (Å²) in [5.41, 5.74) is -1.72. The average Bonchev–Trinajstić information content (AvgIpc) is 2.67. The molecule has 0 saturated carbocycles. The van der Waals surface area contributed by atoms with E-state index in [0.717, 1.165) is 24.3 Å². The molecule has 2 rings (SSSR count). The number of ether oxygens (including phenoxy) is 3. The van der Waals surface area contributed by atoms with Crippen molar-refractivity contribution >= 4 is 17.4 Å². The van der Waals surface area contributed by atoms with Crippen LogP contribution < -0.4 is 9.47 Å². The molecule has 0 heterocycles. The van der Waals surface area contributed by atoms with Gasteiger partial charge in [-0.15, -0.1) is 0 Å². The molecule has 8 nitrogen and oxygen atoms in total. The lowest BCUT2D eigenvalue weighted by Gasteiger charge is -2.11. The predicted molar refractivity (Wildman–Crippen MR) is 91.8 cm³/mol. The number of carbonyl (C=O) groups is 2.